The van der Waals surface area contributed by atoms with Gasteiger partial charge in [0.15, 0.2) is 0 Å². The Kier molecular flexibility index (Phi) is 7.05. The Morgan fingerprint density at radius 3 is 2.33 bits per heavy atom. The van der Waals surface area contributed by atoms with Crippen molar-refractivity contribution < 1.29 is 13.2 Å². The first-order chi connectivity index (χ1) is 15.9. The molecule has 0 unspecified atom stereocenters. The smallest absolute Gasteiger partial charge is 0.244 e. The molecule has 1 amide bonds. The number of nitrogens with zero attached hydrogens (tertiary/aromatic N) is 3. The van der Waals surface area contributed by atoms with Crippen LogP contribution in [0.3, 0.4) is 0 Å². The van der Waals surface area contributed by atoms with Gasteiger partial charge in [0, 0.05) is 42.5 Å². The summed E-state index contributed by atoms with van der Waals surface area (Å²) in [6, 6.07) is 20.0. The molecule has 1 fully saturated rings. The zero-order valence-corrected chi connectivity index (χ0v) is 19.4. The topological polar surface area (TPSA) is 84.3 Å². The van der Waals surface area contributed by atoms with Gasteiger partial charge in [-0.2, -0.15) is 5.10 Å². The highest BCUT2D eigenvalue weighted by atomic mass is 32.2. The molecule has 0 radical (unpaired) electrons. The Morgan fingerprint density at radius 2 is 1.70 bits per heavy atom. The molecule has 8 heteroatoms. The first kappa shape index (κ1) is 22.9. The largest absolute Gasteiger partial charge is 0.350 e. The second-order valence-corrected chi connectivity index (χ2v) is 10.2. The van der Waals surface area contributed by atoms with E-state index >= 15 is 0 Å². The van der Waals surface area contributed by atoms with Crippen molar-refractivity contribution in [3.8, 4) is 11.3 Å². The molecule has 0 spiro atoms. The van der Waals surface area contributed by atoms with Crippen molar-refractivity contribution in [3.05, 3.63) is 84.1 Å². The monoisotopic (exact) mass is 464 g/mol. The fourth-order valence-corrected chi connectivity index (χ4v) is 4.85. The number of carbonyl (C=O) groups is 1. The third-order valence-electron chi connectivity index (χ3n) is 5.71. The third kappa shape index (κ3) is 6.18. The number of hydrogen-bond acceptors (Lipinski definition) is 4. The molecule has 2 heterocycles. The second-order valence-electron chi connectivity index (χ2n) is 8.26. The molecule has 7 nitrogen and oxygen atoms in total. The van der Waals surface area contributed by atoms with Crippen LogP contribution in [0.25, 0.3) is 17.3 Å². The first-order valence-corrected chi connectivity index (χ1v) is 12.8. The van der Waals surface area contributed by atoms with Gasteiger partial charge in [-0.05, 0) is 24.5 Å². The van der Waals surface area contributed by atoms with E-state index in [1.54, 1.807) is 6.08 Å². The van der Waals surface area contributed by atoms with Crippen molar-refractivity contribution >= 4 is 22.0 Å². The molecular formula is C25H28N4O3S. The summed E-state index contributed by atoms with van der Waals surface area (Å²) in [6.07, 6.45) is 7.70. The average molecular weight is 465 g/mol. The number of hydrogen-bond donors (Lipinski definition) is 1. The molecule has 1 aliphatic rings. The fourth-order valence-electron chi connectivity index (χ4n) is 3.98. The molecule has 0 aliphatic carbocycles. The van der Waals surface area contributed by atoms with Gasteiger partial charge in [-0.1, -0.05) is 60.7 Å². The Bertz CT molecular complexity index is 1210. The van der Waals surface area contributed by atoms with Crippen molar-refractivity contribution in [1.29, 1.82) is 0 Å². The maximum atomic E-state index is 12.6. The second kappa shape index (κ2) is 10.1. The van der Waals surface area contributed by atoms with Gasteiger partial charge in [0.2, 0.25) is 15.9 Å². The number of aromatic nitrogens is 2. The van der Waals surface area contributed by atoms with Gasteiger partial charge in [-0.15, -0.1) is 0 Å². The van der Waals surface area contributed by atoms with Crippen LogP contribution in [0.5, 0.6) is 0 Å². The number of benzene rings is 2. The Hall–Kier alpha value is -3.23. The summed E-state index contributed by atoms with van der Waals surface area (Å²) in [6.45, 7) is 1.50. The van der Waals surface area contributed by atoms with Gasteiger partial charge >= 0.3 is 0 Å². The first-order valence-electron chi connectivity index (χ1n) is 11.0. The molecule has 4 rings (SSSR count). The van der Waals surface area contributed by atoms with E-state index in [0.29, 0.717) is 32.5 Å². The summed E-state index contributed by atoms with van der Waals surface area (Å²) in [5, 5.41) is 7.76. The van der Waals surface area contributed by atoms with E-state index in [1.165, 1.54) is 16.6 Å². The summed E-state index contributed by atoms with van der Waals surface area (Å²) >= 11 is 0. The molecule has 33 heavy (non-hydrogen) atoms. The van der Waals surface area contributed by atoms with Gasteiger partial charge in [0.25, 0.3) is 0 Å². The van der Waals surface area contributed by atoms with Crippen molar-refractivity contribution in [3.63, 3.8) is 0 Å². The van der Waals surface area contributed by atoms with E-state index in [4.69, 9.17) is 5.10 Å². The zero-order chi connectivity index (χ0) is 23.3. The molecule has 172 valence electrons. The lowest BCUT2D eigenvalue weighted by molar-refractivity contribution is -0.117. The Balaban J connectivity index is 1.46. The molecule has 0 saturated carbocycles. The quantitative estimate of drug-likeness (QED) is 0.545. The lowest BCUT2D eigenvalue weighted by atomic mass is 10.1. The molecule has 1 aromatic heterocycles. The summed E-state index contributed by atoms with van der Waals surface area (Å²) in [5.41, 5.74) is 3.81. The molecule has 1 aliphatic heterocycles. The third-order valence-corrected chi connectivity index (χ3v) is 7.01. The van der Waals surface area contributed by atoms with Crippen LogP contribution >= 0.6 is 0 Å². The van der Waals surface area contributed by atoms with Crippen LogP contribution in [0.15, 0.2) is 72.9 Å². The summed E-state index contributed by atoms with van der Waals surface area (Å²) < 4.78 is 26.7. The minimum atomic E-state index is -3.18. The number of carbonyl (C=O) groups excluding carboxylic acids is 1. The zero-order valence-electron chi connectivity index (χ0n) is 18.6. The molecular weight excluding hydrogens is 436 g/mol. The van der Waals surface area contributed by atoms with Crippen LogP contribution in [0.2, 0.25) is 0 Å². The number of sulfonamides is 1. The van der Waals surface area contributed by atoms with Crippen molar-refractivity contribution in [2.45, 2.75) is 25.4 Å². The van der Waals surface area contributed by atoms with Gasteiger partial charge < -0.3 is 5.32 Å². The average Bonchev–Trinajstić information content (AvgIpc) is 3.21. The van der Waals surface area contributed by atoms with Crippen molar-refractivity contribution in [2.75, 3.05) is 19.3 Å². The molecule has 1 saturated heterocycles. The molecule has 0 bridgehead atoms. The van der Waals surface area contributed by atoms with E-state index in [-0.39, 0.29) is 11.9 Å². The van der Waals surface area contributed by atoms with E-state index in [1.807, 2.05) is 59.4 Å². The highest BCUT2D eigenvalue weighted by Gasteiger charge is 2.25. The highest BCUT2D eigenvalue weighted by molar-refractivity contribution is 7.88. The lowest BCUT2D eigenvalue weighted by Crippen LogP contribution is -2.45. The Labute approximate surface area is 194 Å². The minimum absolute atomic E-state index is 0.0328. The van der Waals surface area contributed by atoms with E-state index in [0.717, 1.165) is 22.4 Å². The molecule has 2 aromatic carbocycles. The number of rotatable bonds is 7. The van der Waals surface area contributed by atoms with Crippen LogP contribution in [0.4, 0.5) is 0 Å². The van der Waals surface area contributed by atoms with Crippen LogP contribution < -0.4 is 5.32 Å². The molecule has 0 atom stereocenters. The van der Waals surface area contributed by atoms with Crippen molar-refractivity contribution in [2.24, 2.45) is 0 Å². The standard InChI is InChI=1S/C25H28N4O3S/c1-33(31,32)29-16-14-23(15-17-29)26-24(30)13-12-22-19-28(18-20-8-4-2-5-9-20)27-25(22)21-10-6-3-7-11-21/h2-13,19,23H,14-18H2,1H3,(H,26,30)/b13-12+. The van der Waals surface area contributed by atoms with E-state index in [2.05, 4.69) is 17.4 Å². The minimum Gasteiger partial charge on any atom is -0.350 e. The highest BCUT2D eigenvalue weighted by Crippen LogP contribution is 2.23. The van der Waals surface area contributed by atoms with Gasteiger partial charge in [0.05, 0.1) is 18.5 Å². The van der Waals surface area contributed by atoms with Crippen LogP contribution in [0.1, 0.15) is 24.0 Å². The van der Waals surface area contributed by atoms with Crippen LogP contribution in [-0.2, 0) is 21.4 Å². The van der Waals surface area contributed by atoms with Crippen LogP contribution in [0, 0.1) is 0 Å². The lowest BCUT2D eigenvalue weighted by Gasteiger charge is -2.30. The molecule has 1 N–H and O–H groups in total. The van der Waals surface area contributed by atoms with E-state index in [9.17, 15) is 13.2 Å². The van der Waals surface area contributed by atoms with Crippen LogP contribution in [-0.4, -0.2) is 53.8 Å². The van der Waals surface area contributed by atoms with Gasteiger partial charge in [-0.25, -0.2) is 12.7 Å². The van der Waals surface area contributed by atoms with E-state index < -0.39 is 10.0 Å². The maximum Gasteiger partial charge on any atom is 0.244 e. The number of amides is 1. The Morgan fingerprint density at radius 1 is 1.06 bits per heavy atom. The maximum absolute atomic E-state index is 12.6. The fraction of sp³-hybridized carbons (Fsp3) is 0.280. The SMILES string of the molecule is CS(=O)(=O)N1CCC(NC(=O)/C=C/c2cn(Cc3ccccc3)nc2-c2ccccc2)CC1. The normalized spacial score (nSPS) is 15.7. The predicted molar refractivity (Wildman–Crippen MR) is 130 cm³/mol. The summed E-state index contributed by atoms with van der Waals surface area (Å²) in [5.74, 6) is -0.192. The number of nitrogens with one attached hydrogen (secondary N) is 1. The number of piperidine rings is 1. The van der Waals surface area contributed by atoms with Gasteiger partial charge in [0.1, 0.15) is 0 Å². The summed E-state index contributed by atoms with van der Waals surface area (Å²) in [4.78, 5) is 12.6. The molecule has 3 aromatic rings. The summed E-state index contributed by atoms with van der Waals surface area (Å²) in [7, 11) is -3.18. The van der Waals surface area contributed by atoms with Gasteiger partial charge in [-0.3, -0.25) is 9.48 Å². The predicted octanol–water partition coefficient (Wildman–Crippen LogP) is 3.15. The van der Waals surface area contributed by atoms with Crippen molar-refractivity contribution in [1.82, 2.24) is 19.4 Å².